The lowest BCUT2D eigenvalue weighted by Gasteiger charge is -2.06. The molecule has 6 aromatic rings. The maximum Gasteiger partial charge on any atom is 0.210 e. The van der Waals surface area contributed by atoms with E-state index in [1.54, 1.807) is 7.11 Å². The monoisotopic (exact) mass is 502 g/mol. The highest BCUT2D eigenvalue weighted by Crippen LogP contribution is 2.30. The number of fused-ring (bicyclic) bond motifs is 1. The largest absolute Gasteiger partial charge is 0.497 e. The van der Waals surface area contributed by atoms with E-state index < -0.39 is 0 Å². The van der Waals surface area contributed by atoms with Crippen molar-refractivity contribution in [3.05, 3.63) is 120 Å². The molecule has 0 unspecified atom stereocenters. The van der Waals surface area contributed by atoms with Gasteiger partial charge in [-0.1, -0.05) is 30.3 Å². The van der Waals surface area contributed by atoms with E-state index in [-0.39, 0.29) is 0 Å². The molecule has 4 aromatic carbocycles. The van der Waals surface area contributed by atoms with Gasteiger partial charge in [0.15, 0.2) is 0 Å². The molecule has 5 nitrogen and oxygen atoms in total. The normalized spacial score (nSPS) is 11.5. The van der Waals surface area contributed by atoms with Crippen molar-refractivity contribution in [1.29, 1.82) is 0 Å². The number of benzene rings is 4. The molecule has 0 fully saturated rings. The molecule has 6 heteroatoms. The van der Waals surface area contributed by atoms with Crippen LogP contribution in [-0.4, -0.2) is 12.1 Å². The molecule has 0 aliphatic heterocycles. The summed E-state index contributed by atoms with van der Waals surface area (Å²) in [7, 11) is 1.65. The van der Waals surface area contributed by atoms with Gasteiger partial charge in [-0.3, -0.25) is 0 Å². The standard InChI is InChI=1S/C31H22N2O3S/c1-34-23-15-13-22(14-16-23)30-19-27(26-9-5-6-10-29(26)36-30)32-31-33-28(20-37-31)21-11-17-25(18-12-21)35-24-7-3-2-4-8-24/h2-20H,1H3. The third-order valence-electron chi connectivity index (χ3n) is 5.86. The first-order valence-electron chi connectivity index (χ1n) is 11.8. The summed E-state index contributed by atoms with van der Waals surface area (Å²) in [4.78, 5) is 9.69. The summed E-state index contributed by atoms with van der Waals surface area (Å²) >= 11 is 1.51. The van der Waals surface area contributed by atoms with Gasteiger partial charge in [-0.2, -0.15) is 0 Å². The predicted octanol–water partition coefficient (Wildman–Crippen LogP) is 8.26. The Labute approximate surface area is 217 Å². The van der Waals surface area contributed by atoms with E-state index in [0.29, 0.717) is 5.13 Å². The third kappa shape index (κ3) is 5.01. The van der Waals surface area contributed by atoms with Crippen LogP contribution in [0.1, 0.15) is 0 Å². The van der Waals surface area contributed by atoms with Gasteiger partial charge < -0.3 is 13.9 Å². The average Bonchev–Trinajstić information content (AvgIpc) is 3.42. The van der Waals surface area contributed by atoms with Crippen molar-refractivity contribution in [3.63, 3.8) is 0 Å². The summed E-state index contributed by atoms with van der Waals surface area (Å²) < 4.78 is 17.4. The van der Waals surface area contributed by atoms with Gasteiger partial charge in [0.05, 0.1) is 18.2 Å². The fourth-order valence-corrected chi connectivity index (χ4v) is 4.68. The molecule has 0 aliphatic carbocycles. The van der Waals surface area contributed by atoms with Crippen LogP contribution in [0, 0.1) is 0 Å². The summed E-state index contributed by atoms with van der Waals surface area (Å²) in [5.74, 6) is 3.11. The second kappa shape index (κ2) is 10.1. The topological polar surface area (TPSA) is 56.9 Å². The highest BCUT2D eigenvalue weighted by Gasteiger charge is 2.09. The lowest BCUT2D eigenvalue weighted by atomic mass is 10.1. The molecule has 2 aromatic heterocycles. The maximum absolute atomic E-state index is 6.20. The first kappa shape index (κ1) is 22.8. The zero-order chi connectivity index (χ0) is 25.0. The number of methoxy groups -OCH3 is 1. The molecule has 0 saturated heterocycles. The van der Waals surface area contributed by atoms with E-state index in [4.69, 9.17) is 23.9 Å². The number of hydrogen-bond donors (Lipinski definition) is 0. The van der Waals surface area contributed by atoms with E-state index in [1.165, 1.54) is 11.3 Å². The quantitative estimate of drug-likeness (QED) is 0.230. The number of thiazole rings is 1. The van der Waals surface area contributed by atoms with E-state index >= 15 is 0 Å². The molecule has 0 aliphatic rings. The molecule has 2 heterocycles. The van der Waals surface area contributed by atoms with E-state index in [9.17, 15) is 0 Å². The minimum Gasteiger partial charge on any atom is -0.497 e. The van der Waals surface area contributed by atoms with E-state index in [1.807, 2.05) is 115 Å². The van der Waals surface area contributed by atoms with Gasteiger partial charge >= 0.3 is 0 Å². The molecule has 0 bridgehead atoms. The molecular weight excluding hydrogens is 480 g/mol. The summed E-state index contributed by atoms with van der Waals surface area (Å²) in [6.45, 7) is 0. The van der Waals surface area contributed by atoms with Crippen molar-refractivity contribution < 1.29 is 13.9 Å². The molecule has 180 valence electrons. The van der Waals surface area contributed by atoms with Gasteiger partial charge in [0.25, 0.3) is 0 Å². The SMILES string of the molecule is COc1ccc(-c2cc(=Nc3nc(-c4ccc(Oc5ccccc5)cc4)cs3)c3ccccc3o2)cc1. The van der Waals surface area contributed by atoms with Crippen molar-refractivity contribution in [3.8, 4) is 39.8 Å². The number of rotatable bonds is 6. The van der Waals surface area contributed by atoms with Crippen LogP contribution in [-0.2, 0) is 0 Å². The second-order valence-electron chi connectivity index (χ2n) is 8.29. The predicted molar refractivity (Wildman–Crippen MR) is 147 cm³/mol. The van der Waals surface area contributed by atoms with Gasteiger partial charge in [-0.15, -0.1) is 11.3 Å². The van der Waals surface area contributed by atoms with Gasteiger partial charge in [-0.05, 0) is 72.8 Å². The van der Waals surface area contributed by atoms with Crippen molar-refractivity contribution in [2.75, 3.05) is 7.11 Å². The van der Waals surface area contributed by atoms with Crippen molar-refractivity contribution in [1.82, 2.24) is 4.98 Å². The summed E-state index contributed by atoms with van der Waals surface area (Å²) in [6.07, 6.45) is 0. The fourth-order valence-electron chi connectivity index (χ4n) is 3.98. The first-order chi connectivity index (χ1) is 18.2. The number of para-hydroxylation sites is 2. The lowest BCUT2D eigenvalue weighted by molar-refractivity contribution is 0.415. The first-order valence-corrected chi connectivity index (χ1v) is 12.6. The van der Waals surface area contributed by atoms with Crippen molar-refractivity contribution in [2.45, 2.75) is 0 Å². The molecular formula is C31H22N2O3S. The number of nitrogens with zero attached hydrogens (tertiary/aromatic N) is 2. The molecule has 0 N–H and O–H groups in total. The molecule has 0 atom stereocenters. The zero-order valence-electron chi connectivity index (χ0n) is 20.0. The Balaban J connectivity index is 1.32. The van der Waals surface area contributed by atoms with Crippen LogP contribution >= 0.6 is 11.3 Å². The smallest absolute Gasteiger partial charge is 0.210 e. The molecule has 6 rings (SSSR count). The number of aromatic nitrogens is 1. The van der Waals surface area contributed by atoms with Gasteiger partial charge in [0.2, 0.25) is 5.13 Å². The Hall–Kier alpha value is -4.68. The lowest BCUT2D eigenvalue weighted by Crippen LogP contribution is -2.03. The Morgan fingerprint density at radius 1 is 0.730 bits per heavy atom. The summed E-state index contributed by atoms with van der Waals surface area (Å²) in [5.41, 5.74) is 3.58. The van der Waals surface area contributed by atoms with Crippen molar-refractivity contribution in [2.24, 2.45) is 4.99 Å². The second-order valence-corrected chi connectivity index (χ2v) is 9.12. The Kier molecular flexibility index (Phi) is 6.23. The highest BCUT2D eigenvalue weighted by molar-refractivity contribution is 7.13. The fraction of sp³-hybridized carbons (Fsp3) is 0.0323. The molecule has 0 radical (unpaired) electrons. The number of ether oxygens (including phenoxy) is 2. The van der Waals surface area contributed by atoms with Crippen LogP contribution in [0.25, 0.3) is 33.6 Å². The molecule has 0 spiro atoms. The van der Waals surface area contributed by atoms with Crippen LogP contribution in [0.15, 0.2) is 124 Å². The van der Waals surface area contributed by atoms with Crippen LogP contribution in [0.3, 0.4) is 0 Å². The minimum absolute atomic E-state index is 0.677. The third-order valence-corrected chi connectivity index (χ3v) is 6.60. The Bertz CT molecular complexity index is 1720. The van der Waals surface area contributed by atoms with Crippen LogP contribution < -0.4 is 14.8 Å². The van der Waals surface area contributed by atoms with E-state index in [0.717, 1.165) is 56.2 Å². The summed E-state index contributed by atoms with van der Waals surface area (Å²) in [5, 5.41) is 4.43. The zero-order valence-corrected chi connectivity index (χ0v) is 20.8. The van der Waals surface area contributed by atoms with Gasteiger partial charge in [0.1, 0.15) is 28.6 Å². The minimum atomic E-state index is 0.677. The Morgan fingerprint density at radius 3 is 2.19 bits per heavy atom. The van der Waals surface area contributed by atoms with Crippen LogP contribution in [0.5, 0.6) is 17.2 Å². The van der Waals surface area contributed by atoms with Gasteiger partial charge in [0, 0.05) is 28.0 Å². The van der Waals surface area contributed by atoms with Crippen molar-refractivity contribution >= 4 is 27.4 Å². The van der Waals surface area contributed by atoms with Crippen LogP contribution in [0.4, 0.5) is 5.13 Å². The maximum atomic E-state index is 6.20. The van der Waals surface area contributed by atoms with Gasteiger partial charge in [-0.25, -0.2) is 9.98 Å². The highest BCUT2D eigenvalue weighted by atomic mass is 32.1. The van der Waals surface area contributed by atoms with E-state index in [2.05, 4.69) is 0 Å². The molecule has 0 saturated carbocycles. The Morgan fingerprint density at radius 2 is 1.41 bits per heavy atom. The number of hydrogen-bond acceptors (Lipinski definition) is 6. The molecule has 37 heavy (non-hydrogen) atoms. The average molecular weight is 503 g/mol. The summed E-state index contributed by atoms with van der Waals surface area (Å²) in [6, 6.07) is 35.3. The molecule has 0 amide bonds. The van der Waals surface area contributed by atoms with Crippen LogP contribution in [0.2, 0.25) is 0 Å².